The molecule has 0 bridgehead atoms. The molecule has 2 amide bonds. The van der Waals surface area contributed by atoms with E-state index in [0.29, 0.717) is 13.1 Å². The SMILES string of the molecule is C/C=C/c1ccc([C@H]2[C@H](CO)N(C(=O)c3cnccn3)C23CN(C(=O)C2CC2)C3)cc1. The van der Waals surface area contributed by atoms with E-state index in [9.17, 15) is 14.7 Å². The topological polar surface area (TPSA) is 86.6 Å². The molecule has 1 aliphatic carbocycles. The van der Waals surface area contributed by atoms with Gasteiger partial charge in [-0.25, -0.2) is 4.98 Å². The third-order valence-electron chi connectivity index (χ3n) is 6.79. The smallest absolute Gasteiger partial charge is 0.275 e. The van der Waals surface area contributed by atoms with Crippen molar-refractivity contribution in [2.24, 2.45) is 5.92 Å². The van der Waals surface area contributed by atoms with Crippen molar-refractivity contribution in [2.45, 2.75) is 37.3 Å². The highest BCUT2D eigenvalue weighted by Gasteiger charge is 2.68. The summed E-state index contributed by atoms with van der Waals surface area (Å²) in [7, 11) is 0. The van der Waals surface area contributed by atoms with Crippen molar-refractivity contribution in [3.8, 4) is 0 Å². The lowest BCUT2D eigenvalue weighted by Gasteiger charge is -2.70. The summed E-state index contributed by atoms with van der Waals surface area (Å²) in [6.07, 6.45) is 10.4. The maximum absolute atomic E-state index is 13.3. The molecule has 7 heteroatoms. The molecule has 31 heavy (non-hydrogen) atoms. The van der Waals surface area contributed by atoms with E-state index >= 15 is 0 Å². The summed E-state index contributed by atoms with van der Waals surface area (Å²) in [6.45, 7) is 2.82. The molecule has 2 aromatic rings. The minimum Gasteiger partial charge on any atom is -0.394 e. The van der Waals surface area contributed by atoms with Crippen molar-refractivity contribution in [1.82, 2.24) is 19.8 Å². The first-order valence-corrected chi connectivity index (χ1v) is 10.8. The number of benzene rings is 1. The monoisotopic (exact) mass is 418 g/mol. The maximum atomic E-state index is 13.3. The van der Waals surface area contributed by atoms with Crippen LogP contribution in [-0.4, -0.2) is 68.0 Å². The van der Waals surface area contributed by atoms with Crippen LogP contribution < -0.4 is 0 Å². The molecule has 2 aliphatic heterocycles. The van der Waals surface area contributed by atoms with Crippen LogP contribution in [0.3, 0.4) is 0 Å². The number of amides is 2. The van der Waals surface area contributed by atoms with Gasteiger partial charge in [-0.15, -0.1) is 0 Å². The fourth-order valence-corrected chi connectivity index (χ4v) is 5.23. The van der Waals surface area contributed by atoms with E-state index < -0.39 is 5.54 Å². The summed E-state index contributed by atoms with van der Waals surface area (Å²) in [5.74, 6) is 0.0504. The number of carbonyl (C=O) groups excluding carboxylic acids is 2. The summed E-state index contributed by atoms with van der Waals surface area (Å²) in [6, 6.07) is 7.88. The highest BCUT2D eigenvalue weighted by atomic mass is 16.3. The lowest BCUT2D eigenvalue weighted by molar-refractivity contribution is -0.179. The van der Waals surface area contributed by atoms with Gasteiger partial charge < -0.3 is 14.9 Å². The summed E-state index contributed by atoms with van der Waals surface area (Å²) in [5.41, 5.74) is 1.92. The highest BCUT2D eigenvalue weighted by Crippen LogP contribution is 2.55. The first-order valence-electron chi connectivity index (χ1n) is 10.8. The van der Waals surface area contributed by atoms with Gasteiger partial charge in [0.25, 0.3) is 5.91 Å². The Morgan fingerprint density at radius 1 is 1.19 bits per heavy atom. The van der Waals surface area contributed by atoms with Crippen LogP contribution >= 0.6 is 0 Å². The number of likely N-dealkylation sites (tertiary alicyclic amines) is 2. The molecule has 1 aromatic heterocycles. The molecular weight excluding hydrogens is 392 g/mol. The molecule has 160 valence electrons. The van der Waals surface area contributed by atoms with Crippen molar-refractivity contribution in [3.05, 3.63) is 65.8 Å². The number of rotatable bonds is 5. The Balaban J connectivity index is 1.47. The minimum absolute atomic E-state index is 0.0407. The van der Waals surface area contributed by atoms with Gasteiger partial charge in [0.1, 0.15) is 5.69 Å². The van der Waals surface area contributed by atoms with Gasteiger partial charge in [0.2, 0.25) is 5.91 Å². The fraction of sp³-hybridized carbons (Fsp3) is 0.417. The maximum Gasteiger partial charge on any atom is 0.275 e. The molecular formula is C24H26N4O3. The van der Waals surface area contributed by atoms with Crippen LogP contribution in [0.1, 0.15) is 47.3 Å². The van der Waals surface area contributed by atoms with E-state index in [1.807, 2.05) is 24.0 Å². The predicted molar refractivity (Wildman–Crippen MR) is 115 cm³/mol. The van der Waals surface area contributed by atoms with Crippen LogP contribution in [0.4, 0.5) is 0 Å². The van der Waals surface area contributed by atoms with Crippen molar-refractivity contribution in [3.63, 3.8) is 0 Å². The van der Waals surface area contributed by atoms with Crippen LogP contribution in [0.15, 0.2) is 48.9 Å². The van der Waals surface area contributed by atoms with Crippen LogP contribution in [-0.2, 0) is 4.79 Å². The van der Waals surface area contributed by atoms with Crippen LogP contribution in [0, 0.1) is 5.92 Å². The molecule has 3 heterocycles. The summed E-state index contributed by atoms with van der Waals surface area (Å²) in [4.78, 5) is 37.8. The second-order valence-electron chi connectivity index (χ2n) is 8.73. The fourth-order valence-electron chi connectivity index (χ4n) is 5.23. The molecule has 1 saturated carbocycles. The molecule has 7 nitrogen and oxygen atoms in total. The molecule has 1 N–H and O–H groups in total. The van der Waals surface area contributed by atoms with Gasteiger partial charge >= 0.3 is 0 Å². The lowest BCUT2D eigenvalue weighted by Crippen LogP contribution is -2.86. The molecule has 3 fully saturated rings. The van der Waals surface area contributed by atoms with Crippen molar-refractivity contribution < 1.29 is 14.7 Å². The summed E-state index contributed by atoms with van der Waals surface area (Å²) in [5, 5.41) is 10.2. The Morgan fingerprint density at radius 2 is 1.94 bits per heavy atom. The normalized spacial score (nSPS) is 24.2. The van der Waals surface area contributed by atoms with Gasteiger partial charge in [-0.2, -0.15) is 0 Å². The van der Waals surface area contributed by atoms with Crippen LogP contribution in [0.25, 0.3) is 6.08 Å². The Labute approximate surface area is 181 Å². The zero-order valence-electron chi connectivity index (χ0n) is 17.5. The Bertz CT molecular complexity index is 1010. The number of allylic oxidation sites excluding steroid dienone is 1. The average molecular weight is 418 g/mol. The molecule has 1 spiro atoms. The van der Waals surface area contributed by atoms with Gasteiger partial charge in [0, 0.05) is 37.3 Å². The minimum atomic E-state index is -0.519. The molecule has 2 atom stereocenters. The van der Waals surface area contributed by atoms with Crippen LogP contribution in [0.2, 0.25) is 0 Å². The van der Waals surface area contributed by atoms with Crippen molar-refractivity contribution >= 4 is 17.9 Å². The van der Waals surface area contributed by atoms with Crippen molar-refractivity contribution in [2.75, 3.05) is 19.7 Å². The predicted octanol–water partition coefficient (Wildman–Crippen LogP) is 2.10. The Hall–Kier alpha value is -3.06. The zero-order chi connectivity index (χ0) is 21.6. The van der Waals surface area contributed by atoms with Crippen LogP contribution in [0.5, 0.6) is 0 Å². The summed E-state index contributed by atoms with van der Waals surface area (Å²) >= 11 is 0. The van der Waals surface area contributed by atoms with E-state index in [2.05, 4.69) is 34.2 Å². The van der Waals surface area contributed by atoms with Gasteiger partial charge in [0.15, 0.2) is 0 Å². The number of aliphatic hydroxyl groups is 1. The molecule has 0 radical (unpaired) electrons. The number of hydrogen-bond donors (Lipinski definition) is 1. The molecule has 1 aromatic carbocycles. The van der Waals surface area contributed by atoms with Gasteiger partial charge in [-0.3, -0.25) is 14.6 Å². The number of nitrogens with zero attached hydrogens (tertiary/aromatic N) is 4. The highest BCUT2D eigenvalue weighted by molar-refractivity contribution is 5.94. The zero-order valence-corrected chi connectivity index (χ0v) is 17.5. The molecule has 2 saturated heterocycles. The summed E-state index contributed by atoms with van der Waals surface area (Å²) < 4.78 is 0. The Kier molecular flexibility index (Phi) is 4.85. The second kappa shape index (κ2) is 7.57. The second-order valence-corrected chi connectivity index (χ2v) is 8.73. The first kappa shape index (κ1) is 19.9. The molecule has 5 rings (SSSR count). The third-order valence-corrected chi connectivity index (χ3v) is 6.79. The van der Waals surface area contributed by atoms with Gasteiger partial charge in [-0.05, 0) is 30.9 Å². The Morgan fingerprint density at radius 3 is 2.52 bits per heavy atom. The third kappa shape index (κ3) is 3.15. The van der Waals surface area contributed by atoms with Crippen molar-refractivity contribution in [1.29, 1.82) is 0 Å². The van der Waals surface area contributed by atoms with E-state index in [-0.39, 0.29) is 42.0 Å². The number of aliphatic hydroxyl groups excluding tert-OH is 1. The first-order chi connectivity index (χ1) is 15.1. The molecule has 0 unspecified atom stereocenters. The van der Waals surface area contributed by atoms with Gasteiger partial charge in [-0.1, -0.05) is 36.4 Å². The molecule has 3 aliphatic rings. The average Bonchev–Trinajstić information content (AvgIpc) is 3.59. The largest absolute Gasteiger partial charge is 0.394 e. The van der Waals surface area contributed by atoms with Gasteiger partial charge in [0.05, 0.1) is 24.4 Å². The number of hydrogen-bond acceptors (Lipinski definition) is 5. The number of aromatic nitrogens is 2. The van der Waals surface area contributed by atoms with E-state index in [1.54, 1.807) is 4.90 Å². The quantitative estimate of drug-likeness (QED) is 0.804. The standard InChI is InChI=1S/C24H26N4O3/c1-2-3-16-4-6-17(7-5-16)21-20(13-29)28(23(31)19-12-25-10-11-26-19)24(21)14-27(15-24)22(30)18-8-9-18/h2-7,10-12,18,20-21,29H,8-9,13-15H2,1H3/b3-2+/t20-,21-/m0/s1. The lowest BCUT2D eigenvalue weighted by atomic mass is 9.60. The van der Waals surface area contributed by atoms with E-state index in [0.717, 1.165) is 24.0 Å². The van der Waals surface area contributed by atoms with E-state index in [4.69, 9.17) is 0 Å². The van der Waals surface area contributed by atoms with E-state index in [1.165, 1.54) is 18.6 Å². The number of carbonyl (C=O) groups is 2.